The summed E-state index contributed by atoms with van der Waals surface area (Å²) in [4.78, 5) is 13.6. The van der Waals surface area contributed by atoms with Crippen molar-refractivity contribution in [2.24, 2.45) is 11.3 Å². The fourth-order valence-corrected chi connectivity index (χ4v) is 5.46. The van der Waals surface area contributed by atoms with Crippen LogP contribution >= 0.6 is 23.2 Å². The smallest absolute Gasteiger partial charge is 0.171 e. The number of Topliss-reactive ketones (excluding diaryl/α,β-unsaturated/α-hetero) is 1. The second-order valence-electron chi connectivity index (χ2n) is 7.69. The molecule has 2 nitrogen and oxygen atoms in total. The quantitative estimate of drug-likeness (QED) is 0.479. The first-order chi connectivity index (χ1) is 12.0. The number of fused-ring (bicyclic) bond motifs is 1. The van der Waals surface area contributed by atoms with E-state index in [-0.39, 0.29) is 11.2 Å². The standard InChI is InChI=1S/C21H28Cl2O2/c1-3-4-5-8-11-21(15-9-6-7-10-15)13-14-12-16(25-2)18(22)19(23)17(14)20(21)24/h12,15H,3-11,13H2,1-2H3. The number of hydrogen-bond acceptors (Lipinski definition) is 2. The molecule has 3 rings (SSSR count). The second kappa shape index (κ2) is 7.88. The lowest BCUT2D eigenvalue weighted by atomic mass is 9.68. The number of carbonyl (C=O) groups excluding carboxylic acids is 1. The minimum Gasteiger partial charge on any atom is -0.495 e. The number of carbonyl (C=O) groups is 1. The highest BCUT2D eigenvalue weighted by atomic mass is 35.5. The second-order valence-corrected chi connectivity index (χ2v) is 8.45. The van der Waals surface area contributed by atoms with Crippen LogP contribution in [0.2, 0.25) is 10.0 Å². The van der Waals surface area contributed by atoms with E-state index in [1.807, 2.05) is 6.07 Å². The molecule has 0 amide bonds. The maximum Gasteiger partial charge on any atom is 0.171 e. The number of ether oxygens (including phenoxy) is 1. The summed E-state index contributed by atoms with van der Waals surface area (Å²) in [7, 11) is 1.59. The van der Waals surface area contributed by atoms with Crippen LogP contribution in [-0.4, -0.2) is 12.9 Å². The van der Waals surface area contributed by atoms with Crippen molar-refractivity contribution in [3.05, 3.63) is 27.2 Å². The monoisotopic (exact) mass is 382 g/mol. The number of benzene rings is 1. The zero-order chi connectivity index (χ0) is 18.0. The molecule has 0 aromatic heterocycles. The Morgan fingerprint density at radius 3 is 2.52 bits per heavy atom. The first-order valence-corrected chi connectivity index (χ1v) is 10.4. The molecule has 1 aromatic carbocycles. The highest BCUT2D eigenvalue weighted by molar-refractivity contribution is 6.45. The Morgan fingerprint density at radius 1 is 1.16 bits per heavy atom. The van der Waals surface area contributed by atoms with Gasteiger partial charge in [-0.15, -0.1) is 0 Å². The third kappa shape index (κ3) is 3.32. The van der Waals surface area contributed by atoms with Gasteiger partial charge in [0.1, 0.15) is 10.8 Å². The van der Waals surface area contributed by atoms with E-state index in [0.717, 1.165) is 37.7 Å². The van der Waals surface area contributed by atoms with E-state index in [2.05, 4.69) is 6.92 Å². The van der Waals surface area contributed by atoms with Crippen molar-refractivity contribution >= 4 is 29.0 Å². The molecule has 25 heavy (non-hydrogen) atoms. The van der Waals surface area contributed by atoms with Crippen molar-refractivity contribution in [3.8, 4) is 5.75 Å². The van der Waals surface area contributed by atoms with Gasteiger partial charge in [0.05, 0.1) is 12.1 Å². The van der Waals surface area contributed by atoms with Gasteiger partial charge >= 0.3 is 0 Å². The lowest BCUT2D eigenvalue weighted by Crippen LogP contribution is -2.35. The van der Waals surface area contributed by atoms with Crippen molar-refractivity contribution in [1.82, 2.24) is 0 Å². The minimum atomic E-state index is -0.272. The molecule has 0 N–H and O–H groups in total. The molecule has 2 aliphatic rings. The van der Waals surface area contributed by atoms with E-state index in [1.165, 1.54) is 32.1 Å². The first kappa shape index (κ1) is 19.0. The highest BCUT2D eigenvalue weighted by Gasteiger charge is 2.51. The molecular weight excluding hydrogens is 355 g/mol. The molecule has 1 unspecified atom stereocenters. The summed E-state index contributed by atoms with van der Waals surface area (Å²) in [5, 5.41) is 0.749. The molecular formula is C21H28Cl2O2. The van der Waals surface area contributed by atoms with Crippen LogP contribution in [0.3, 0.4) is 0 Å². The van der Waals surface area contributed by atoms with Crippen LogP contribution in [0.25, 0.3) is 0 Å². The number of methoxy groups -OCH3 is 1. The van der Waals surface area contributed by atoms with Gasteiger partial charge in [-0.05, 0) is 43.2 Å². The maximum atomic E-state index is 13.6. The summed E-state index contributed by atoms with van der Waals surface area (Å²) in [6.45, 7) is 2.22. The van der Waals surface area contributed by atoms with Gasteiger partial charge in [0, 0.05) is 11.0 Å². The molecule has 0 aliphatic heterocycles. The fraction of sp³-hybridized carbons (Fsp3) is 0.667. The van der Waals surface area contributed by atoms with Gasteiger partial charge < -0.3 is 4.74 Å². The largest absolute Gasteiger partial charge is 0.495 e. The molecule has 4 heteroatoms. The predicted octanol–water partition coefficient (Wildman–Crippen LogP) is 6.89. The number of rotatable bonds is 7. The van der Waals surface area contributed by atoms with Gasteiger partial charge in [0.15, 0.2) is 5.78 Å². The lowest BCUT2D eigenvalue weighted by molar-refractivity contribution is 0.0670. The predicted molar refractivity (Wildman–Crippen MR) is 104 cm³/mol. The van der Waals surface area contributed by atoms with Crippen LogP contribution in [0.5, 0.6) is 5.75 Å². The molecule has 1 atom stereocenters. The van der Waals surface area contributed by atoms with Crippen LogP contribution < -0.4 is 4.74 Å². The Balaban J connectivity index is 1.96. The van der Waals surface area contributed by atoms with Crippen molar-refractivity contribution in [2.75, 3.05) is 7.11 Å². The van der Waals surface area contributed by atoms with Gasteiger partial charge in [-0.3, -0.25) is 4.79 Å². The Bertz CT molecular complexity index is 650. The van der Waals surface area contributed by atoms with Gasteiger partial charge in [-0.2, -0.15) is 0 Å². The zero-order valence-corrected chi connectivity index (χ0v) is 16.8. The molecule has 0 bridgehead atoms. The molecule has 0 heterocycles. The SMILES string of the molecule is CCCCCCC1(C2CCCC2)Cc2cc(OC)c(Cl)c(Cl)c2C1=O. The maximum absolute atomic E-state index is 13.6. The molecule has 0 saturated heterocycles. The molecule has 0 radical (unpaired) electrons. The van der Waals surface area contributed by atoms with Gasteiger partial charge in [0.25, 0.3) is 0 Å². The first-order valence-electron chi connectivity index (χ1n) is 9.64. The normalized spacial score (nSPS) is 23.3. The van der Waals surface area contributed by atoms with E-state index in [9.17, 15) is 4.79 Å². The molecule has 1 aromatic rings. The van der Waals surface area contributed by atoms with Crippen molar-refractivity contribution in [1.29, 1.82) is 0 Å². The number of unbranched alkanes of at least 4 members (excludes halogenated alkanes) is 3. The van der Waals surface area contributed by atoms with E-state index >= 15 is 0 Å². The van der Waals surface area contributed by atoms with Crippen LogP contribution in [0.4, 0.5) is 0 Å². The van der Waals surface area contributed by atoms with E-state index < -0.39 is 0 Å². The van der Waals surface area contributed by atoms with Gasteiger partial charge in [-0.1, -0.05) is 68.7 Å². The summed E-state index contributed by atoms with van der Waals surface area (Å²) in [6, 6.07) is 1.93. The van der Waals surface area contributed by atoms with Crippen LogP contribution in [0.15, 0.2) is 6.07 Å². The molecule has 0 spiro atoms. The van der Waals surface area contributed by atoms with Crippen molar-refractivity contribution < 1.29 is 9.53 Å². The Hall–Kier alpha value is -0.730. The Labute approximate surface area is 161 Å². The lowest BCUT2D eigenvalue weighted by Gasteiger charge is -2.34. The number of hydrogen-bond donors (Lipinski definition) is 0. The Kier molecular flexibility index (Phi) is 6.00. The van der Waals surface area contributed by atoms with Crippen molar-refractivity contribution in [2.45, 2.75) is 71.1 Å². The summed E-state index contributed by atoms with van der Waals surface area (Å²) in [5.74, 6) is 1.29. The Morgan fingerprint density at radius 2 is 1.88 bits per heavy atom. The highest BCUT2D eigenvalue weighted by Crippen LogP contribution is 2.54. The fourth-order valence-electron chi connectivity index (χ4n) is 4.94. The summed E-state index contributed by atoms with van der Waals surface area (Å²) in [5.41, 5.74) is 1.42. The van der Waals surface area contributed by atoms with Gasteiger partial charge in [0.2, 0.25) is 0 Å². The summed E-state index contributed by atoms with van der Waals surface area (Å²) in [6.07, 6.45) is 11.3. The minimum absolute atomic E-state index is 0.237. The number of halogens is 2. The topological polar surface area (TPSA) is 26.3 Å². The summed E-state index contributed by atoms with van der Waals surface area (Å²) >= 11 is 12.8. The van der Waals surface area contributed by atoms with Crippen LogP contribution in [0, 0.1) is 11.3 Å². The molecule has 1 fully saturated rings. The van der Waals surface area contributed by atoms with E-state index in [0.29, 0.717) is 27.3 Å². The van der Waals surface area contributed by atoms with Crippen LogP contribution in [0.1, 0.15) is 80.6 Å². The average molecular weight is 383 g/mol. The third-order valence-corrected chi connectivity index (χ3v) is 7.12. The van der Waals surface area contributed by atoms with Crippen molar-refractivity contribution in [3.63, 3.8) is 0 Å². The number of ketones is 1. The zero-order valence-electron chi connectivity index (χ0n) is 15.3. The van der Waals surface area contributed by atoms with Gasteiger partial charge in [-0.25, -0.2) is 0 Å². The van der Waals surface area contributed by atoms with Crippen LogP contribution in [-0.2, 0) is 6.42 Å². The average Bonchev–Trinajstić information content (AvgIpc) is 3.23. The van der Waals surface area contributed by atoms with E-state index in [4.69, 9.17) is 27.9 Å². The molecule has 138 valence electrons. The molecule has 1 saturated carbocycles. The molecule has 2 aliphatic carbocycles. The van der Waals surface area contributed by atoms with E-state index in [1.54, 1.807) is 7.11 Å². The summed E-state index contributed by atoms with van der Waals surface area (Å²) < 4.78 is 5.37. The third-order valence-electron chi connectivity index (χ3n) is 6.27.